The van der Waals surface area contributed by atoms with Crippen molar-refractivity contribution in [1.29, 1.82) is 0 Å². The van der Waals surface area contributed by atoms with Crippen molar-refractivity contribution in [3.63, 3.8) is 0 Å². The molecule has 0 spiro atoms. The molecule has 0 amide bonds. The molecule has 0 bridgehead atoms. The largest absolute Gasteiger partial charge is 0.251 e. The quantitative estimate of drug-likeness (QED) is 0.610. The Balaban J connectivity index is 2.19. The summed E-state index contributed by atoms with van der Waals surface area (Å²) in [6, 6.07) is 3.00. The third-order valence-corrected chi connectivity index (χ3v) is 5.45. The van der Waals surface area contributed by atoms with Crippen molar-refractivity contribution in [2.45, 2.75) is 6.92 Å². The van der Waals surface area contributed by atoms with E-state index in [1.807, 2.05) is 0 Å². The third-order valence-electron chi connectivity index (χ3n) is 3.47. The minimum atomic E-state index is -0.394. The molecule has 0 aliphatic rings. The first-order valence-corrected chi connectivity index (χ1v) is 9.82. The van der Waals surface area contributed by atoms with Gasteiger partial charge in [0.2, 0.25) is 0 Å². The Morgan fingerprint density at radius 2 is 1.70 bits per heavy atom. The molecule has 118 valence electrons. The molecule has 3 aromatic rings. The molecule has 2 aromatic heterocycles. The van der Waals surface area contributed by atoms with E-state index in [1.54, 1.807) is 25.4 Å². The topological polar surface area (TPSA) is 38.7 Å². The summed E-state index contributed by atoms with van der Waals surface area (Å²) >= 11 is 12.4. The van der Waals surface area contributed by atoms with Gasteiger partial charge in [0.15, 0.2) is 0 Å². The zero-order chi connectivity index (χ0) is 16.7. The zero-order valence-corrected chi connectivity index (χ0v) is 15.1. The SMILES string of the molecule is Cc1nc2cc(F)c(-c3cnc(P(C)C)nc3)cc2c(Cl)c1Cl. The van der Waals surface area contributed by atoms with Gasteiger partial charge in [0, 0.05) is 35.0 Å². The van der Waals surface area contributed by atoms with Gasteiger partial charge >= 0.3 is 0 Å². The van der Waals surface area contributed by atoms with Gasteiger partial charge < -0.3 is 0 Å². The third kappa shape index (κ3) is 3.03. The second kappa shape index (κ2) is 6.27. The molecule has 23 heavy (non-hydrogen) atoms. The van der Waals surface area contributed by atoms with E-state index in [0.29, 0.717) is 37.8 Å². The lowest BCUT2D eigenvalue weighted by molar-refractivity contribution is 0.632. The number of aromatic nitrogens is 3. The molecule has 1 aromatic carbocycles. The maximum atomic E-state index is 14.5. The lowest BCUT2D eigenvalue weighted by atomic mass is 10.0. The number of hydrogen-bond acceptors (Lipinski definition) is 3. The number of rotatable bonds is 2. The fraction of sp³-hybridized carbons (Fsp3) is 0.188. The van der Waals surface area contributed by atoms with Crippen LogP contribution >= 0.6 is 31.1 Å². The van der Waals surface area contributed by atoms with E-state index in [2.05, 4.69) is 28.3 Å². The summed E-state index contributed by atoms with van der Waals surface area (Å²) in [7, 11) is -0.390. The average molecular weight is 368 g/mol. The van der Waals surface area contributed by atoms with Gasteiger partial charge in [0.1, 0.15) is 11.4 Å². The first-order chi connectivity index (χ1) is 10.9. The second-order valence-electron chi connectivity index (χ2n) is 5.34. The van der Waals surface area contributed by atoms with E-state index in [0.717, 1.165) is 5.57 Å². The van der Waals surface area contributed by atoms with Crippen molar-refractivity contribution >= 4 is 47.6 Å². The molecule has 0 aliphatic heterocycles. The molecule has 3 rings (SSSR count). The van der Waals surface area contributed by atoms with Crippen molar-refractivity contribution in [1.82, 2.24) is 15.0 Å². The fourth-order valence-corrected chi connectivity index (χ4v) is 3.26. The van der Waals surface area contributed by atoms with Crippen molar-refractivity contribution in [3.05, 3.63) is 46.1 Å². The molecule has 0 fully saturated rings. The molecule has 2 heterocycles. The highest BCUT2D eigenvalue weighted by Gasteiger charge is 2.15. The predicted octanol–water partition coefficient (Wildman–Crippen LogP) is 4.81. The zero-order valence-electron chi connectivity index (χ0n) is 12.7. The van der Waals surface area contributed by atoms with E-state index in [9.17, 15) is 4.39 Å². The maximum Gasteiger partial charge on any atom is 0.149 e. The first-order valence-electron chi connectivity index (χ1n) is 6.83. The second-order valence-corrected chi connectivity index (χ2v) is 8.29. The Morgan fingerprint density at radius 1 is 1.04 bits per heavy atom. The summed E-state index contributed by atoms with van der Waals surface area (Å²) in [6.07, 6.45) is 3.26. The molecule has 0 aliphatic carbocycles. The van der Waals surface area contributed by atoms with Crippen molar-refractivity contribution in [3.8, 4) is 11.1 Å². The minimum Gasteiger partial charge on any atom is -0.251 e. The molecular formula is C16H13Cl2FN3P. The molecule has 0 saturated heterocycles. The van der Waals surface area contributed by atoms with Gasteiger partial charge in [0.05, 0.1) is 21.3 Å². The molecule has 0 unspecified atom stereocenters. The summed E-state index contributed by atoms with van der Waals surface area (Å²) in [5.41, 5.74) is 2.80. The maximum absolute atomic E-state index is 14.5. The van der Waals surface area contributed by atoms with Crippen LogP contribution in [-0.2, 0) is 0 Å². The normalized spacial score (nSPS) is 11.4. The number of fused-ring (bicyclic) bond motifs is 1. The van der Waals surface area contributed by atoms with Crippen LogP contribution in [0.25, 0.3) is 22.0 Å². The van der Waals surface area contributed by atoms with Crippen LogP contribution in [0, 0.1) is 12.7 Å². The van der Waals surface area contributed by atoms with Crippen LogP contribution in [0.5, 0.6) is 0 Å². The number of pyridine rings is 1. The van der Waals surface area contributed by atoms with Gasteiger partial charge in [-0.05, 0) is 34.2 Å². The van der Waals surface area contributed by atoms with E-state index in [1.165, 1.54) is 6.07 Å². The molecule has 3 nitrogen and oxygen atoms in total. The van der Waals surface area contributed by atoms with Gasteiger partial charge in [-0.3, -0.25) is 4.98 Å². The molecule has 7 heteroatoms. The van der Waals surface area contributed by atoms with Crippen LogP contribution in [0.1, 0.15) is 5.69 Å². The van der Waals surface area contributed by atoms with Crippen LogP contribution in [0.3, 0.4) is 0 Å². The van der Waals surface area contributed by atoms with Crippen LogP contribution in [0.15, 0.2) is 24.5 Å². The van der Waals surface area contributed by atoms with Gasteiger partial charge in [0.25, 0.3) is 0 Å². The van der Waals surface area contributed by atoms with Gasteiger partial charge in [-0.15, -0.1) is 0 Å². The lowest BCUT2D eigenvalue weighted by Crippen LogP contribution is -2.09. The van der Waals surface area contributed by atoms with Crippen LogP contribution in [0.2, 0.25) is 10.0 Å². The summed E-state index contributed by atoms with van der Waals surface area (Å²) in [5, 5.41) is 1.36. The van der Waals surface area contributed by atoms with E-state index >= 15 is 0 Å². The van der Waals surface area contributed by atoms with E-state index in [-0.39, 0.29) is 0 Å². The van der Waals surface area contributed by atoms with Crippen LogP contribution < -0.4 is 5.57 Å². The molecular weight excluding hydrogens is 355 g/mol. The van der Waals surface area contributed by atoms with E-state index < -0.39 is 13.7 Å². The Morgan fingerprint density at radius 3 is 2.30 bits per heavy atom. The summed E-state index contributed by atoms with van der Waals surface area (Å²) in [4.78, 5) is 12.9. The number of hydrogen-bond donors (Lipinski definition) is 0. The standard InChI is InChI=1S/C16H13Cl2FN3P/c1-8-14(17)15(18)11-4-10(12(19)5-13(11)22-8)9-6-20-16(21-7-9)23(2)3/h4-7H,1-3H3. The Hall–Kier alpha value is -1.35. The minimum absolute atomic E-state index is 0.374. The molecule has 0 saturated carbocycles. The van der Waals surface area contributed by atoms with E-state index in [4.69, 9.17) is 23.2 Å². The summed E-state index contributed by atoms with van der Waals surface area (Å²) in [6.45, 7) is 5.87. The van der Waals surface area contributed by atoms with Crippen LogP contribution in [0.4, 0.5) is 4.39 Å². The molecule has 0 atom stereocenters. The highest BCUT2D eigenvalue weighted by molar-refractivity contribution is 7.63. The Labute approximate surface area is 144 Å². The van der Waals surface area contributed by atoms with Crippen molar-refractivity contribution < 1.29 is 4.39 Å². The smallest absolute Gasteiger partial charge is 0.149 e. The lowest BCUT2D eigenvalue weighted by Gasteiger charge is -2.10. The molecule has 0 N–H and O–H groups in total. The van der Waals surface area contributed by atoms with Gasteiger partial charge in [-0.25, -0.2) is 14.4 Å². The van der Waals surface area contributed by atoms with Crippen LogP contribution in [-0.4, -0.2) is 28.3 Å². The summed E-state index contributed by atoms with van der Waals surface area (Å²) < 4.78 is 14.5. The van der Waals surface area contributed by atoms with Crippen molar-refractivity contribution in [2.75, 3.05) is 13.3 Å². The number of nitrogens with zero attached hydrogens (tertiary/aromatic N) is 3. The fourth-order valence-electron chi connectivity index (χ4n) is 2.25. The Bertz CT molecular complexity index is 898. The monoisotopic (exact) mass is 367 g/mol. The first kappa shape index (κ1) is 16.5. The highest BCUT2D eigenvalue weighted by atomic mass is 35.5. The number of benzene rings is 1. The average Bonchev–Trinajstić information content (AvgIpc) is 2.52. The van der Waals surface area contributed by atoms with Crippen molar-refractivity contribution in [2.24, 2.45) is 0 Å². The van der Waals surface area contributed by atoms with Gasteiger partial charge in [-0.1, -0.05) is 23.2 Å². The molecule has 0 radical (unpaired) electrons. The predicted molar refractivity (Wildman–Crippen MR) is 95.9 cm³/mol. The summed E-state index contributed by atoms with van der Waals surface area (Å²) in [5.74, 6) is -0.394. The highest BCUT2D eigenvalue weighted by Crippen LogP contribution is 2.35. The number of halogens is 3. The Kier molecular flexibility index (Phi) is 4.50. The number of aryl methyl sites for hydroxylation is 1. The van der Waals surface area contributed by atoms with Gasteiger partial charge in [-0.2, -0.15) is 0 Å².